The molecule has 0 aromatic heterocycles. The van der Waals surface area contributed by atoms with E-state index in [0.717, 1.165) is 28.7 Å². The van der Waals surface area contributed by atoms with Crippen molar-refractivity contribution in [2.45, 2.75) is 77.5 Å². The maximum Gasteiger partial charge on any atom is 0.408 e. The first kappa shape index (κ1) is 30.1. The molecular weight excluding hydrogens is 548 g/mol. The number of benzene rings is 3. The standard InChI is InChI=1S/C34H38N2O7/c1-33(2,3)43-24-15-13-21(14-16-24)17-28(30(37)36-29(31(38)39)20-42-34(36,4)5)35-32(40)41-19-23-10-8-12-26-25-11-7-6-9-22(25)18-27(23)26/h6-16,28-29H,17-20H2,1-5H3,(H,35,40)(H,38,39)/t28-,29?/m0/s1. The predicted molar refractivity (Wildman–Crippen MR) is 161 cm³/mol. The molecule has 3 aromatic rings. The average Bonchev–Trinajstić information content (AvgIpc) is 3.48. The van der Waals surface area contributed by atoms with Crippen LogP contribution in [-0.2, 0) is 38.5 Å². The highest BCUT2D eigenvalue weighted by Crippen LogP contribution is 2.38. The maximum atomic E-state index is 13.9. The van der Waals surface area contributed by atoms with E-state index >= 15 is 0 Å². The van der Waals surface area contributed by atoms with Crippen molar-refractivity contribution in [3.05, 3.63) is 89.0 Å². The minimum Gasteiger partial charge on any atom is -0.488 e. The second-order valence-corrected chi connectivity index (χ2v) is 12.4. The van der Waals surface area contributed by atoms with Crippen molar-refractivity contribution in [1.29, 1.82) is 0 Å². The number of ether oxygens (including phenoxy) is 3. The summed E-state index contributed by atoms with van der Waals surface area (Å²) in [6, 6.07) is 19.1. The van der Waals surface area contributed by atoms with E-state index in [9.17, 15) is 19.5 Å². The Kier molecular flexibility index (Phi) is 8.21. The molecule has 3 aromatic carbocycles. The molecule has 43 heavy (non-hydrogen) atoms. The van der Waals surface area contributed by atoms with Gasteiger partial charge in [-0.15, -0.1) is 0 Å². The summed E-state index contributed by atoms with van der Waals surface area (Å²) in [6.45, 7) is 9.00. The molecule has 1 fully saturated rings. The largest absolute Gasteiger partial charge is 0.488 e. The lowest BCUT2D eigenvalue weighted by molar-refractivity contribution is -0.156. The van der Waals surface area contributed by atoms with E-state index in [0.29, 0.717) is 5.75 Å². The van der Waals surface area contributed by atoms with Crippen LogP contribution in [0.15, 0.2) is 66.7 Å². The molecule has 1 unspecified atom stereocenters. The third kappa shape index (κ3) is 6.67. The van der Waals surface area contributed by atoms with Crippen LogP contribution in [0.5, 0.6) is 5.75 Å². The second-order valence-electron chi connectivity index (χ2n) is 12.4. The van der Waals surface area contributed by atoms with E-state index in [1.54, 1.807) is 26.0 Å². The van der Waals surface area contributed by atoms with Crippen molar-refractivity contribution in [2.75, 3.05) is 6.61 Å². The first-order chi connectivity index (χ1) is 20.3. The van der Waals surface area contributed by atoms with Gasteiger partial charge in [0.15, 0.2) is 6.04 Å². The number of rotatable bonds is 8. The fourth-order valence-corrected chi connectivity index (χ4v) is 5.74. The first-order valence-electron chi connectivity index (χ1n) is 14.4. The van der Waals surface area contributed by atoms with Crippen LogP contribution >= 0.6 is 0 Å². The highest BCUT2D eigenvalue weighted by atomic mass is 16.6. The van der Waals surface area contributed by atoms with Crippen LogP contribution in [0.1, 0.15) is 56.9 Å². The molecule has 0 saturated carbocycles. The summed E-state index contributed by atoms with van der Waals surface area (Å²) in [5.74, 6) is -1.08. The van der Waals surface area contributed by atoms with Crippen LogP contribution in [0.25, 0.3) is 11.1 Å². The summed E-state index contributed by atoms with van der Waals surface area (Å²) in [6.07, 6.45) is 0.0890. The molecule has 2 amide bonds. The number of nitrogens with zero attached hydrogens (tertiary/aromatic N) is 1. The summed E-state index contributed by atoms with van der Waals surface area (Å²) in [5, 5.41) is 12.5. The number of carbonyl (C=O) groups is 3. The number of hydrogen-bond donors (Lipinski definition) is 2. The summed E-state index contributed by atoms with van der Waals surface area (Å²) < 4.78 is 17.2. The van der Waals surface area contributed by atoms with Crippen molar-refractivity contribution in [3.63, 3.8) is 0 Å². The van der Waals surface area contributed by atoms with Gasteiger partial charge in [0.2, 0.25) is 5.91 Å². The van der Waals surface area contributed by atoms with Crippen LogP contribution in [0.4, 0.5) is 4.79 Å². The van der Waals surface area contributed by atoms with E-state index in [4.69, 9.17) is 14.2 Å². The number of hydrogen-bond acceptors (Lipinski definition) is 6. The third-order valence-electron chi connectivity index (χ3n) is 7.69. The fraction of sp³-hybridized carbons (Fsp3) is 0.382. The Hall–Kier alpha value is -4.37. The van der Waals surface area contributed by atoms with Gasteiger partial charge in [0, 0.05) is 6.42 Å². The summed E-state index contributed by atoms with van der Waals surface area (Å²) in [4.78, 5) is 40.3. The number of aliphatic carboxylic acids is 1. The van der Waals surface area contributed by atoms with Gasteiger partial charge in [0.25, 0.3) is 0 Å². The molecule has 2 aliphatic rings. The monoisotopic (exact) mass is 586 g/mol. The number of alkyl carbamates (subject to hydrolysis) is 1. The number of fused-ring (bicyclic) bond motifs is 3. The van der Waals surface area contributed by atoms with Crippen LogP contribution in [-0.4, -0.2) is 58.0 Å². The Bertz CT molecular complexity index is 1520. The maximum absolute atomic E-state index is 13.9. The second kappa shape index (κ2) is 11.7. The highest BCUT2D eigenvalue weighted by molar-refractivity contribution is 5.90. The zero-order valence-corrected chi connectivity index (χ0v) is 25.2. The lowest BCUT2D eigenvalue weighted by atomic mass is 10.0. The van der Waals surface area contributed by atoms with Crippen LogP contribution < -0.4 is 10.1 Å². The summed E-state index contributed by atoms with van der Waals surface area (Å²) in [5.41, 5.74) is 4.74. The number of carboxylic acid groups (broad SMARTS) is 1. The van der Waals surface area contributed by atoms with Gasteiger partial charge in [-0.3, -0.25) is 9.69 Å². The smallest absolute Gasteiger partial charge is 0.408 e. The Labute approximate surface area is 251 Å². The van der Waals surface area contributed by atoms with Crippen molar-refractivity contribution >= 4 is 18.0 Å². The molecule has 0 radical (unpaired) electrons. The van der Waals surface area contributed by atoms with Crippen molar-refractivity contribution in [2.24, 2.45) is 0 Å². The molecule has 1 saturated heterocycles. The van der Waals surface area contributed by atoms with Crippen LogP contribution in [0, 0.1) is 0 Å². The van der Waals surface area contributed by atoms with Gasteiger partial charge in [-0.2, -0.15) is 0 Å². The van der Waals surface area contributed by atoms with Gasteiger partial charge < -0.3 is 24.6 Å². The van der Waals surface area contributed by atoms with E-state index in [1.807, 2.05) is 57.2 Å². The molecule has 2 N–H and O–H groups in total. The number of amides is 2. The molecule has 9 nitrogen and oxygen atoms in total. The molecule has 5 rings (SSSR count). The average molecular weight is 587 g/mol. The van der Waals surface area contributed by atoms with Gasteiger partial charge in [-0.05, 0) is 86.6 Å². The zero-order valence-electron chi connectivity index (χ0n) is 25.2. The van der Waals surface area contributed by atoms with E-state index < -0.39 is 35.8 Å². The predicted octanol–water partition coefficient (Wildman–Crippen LogP) is 5.32. The van der Waals surface area contributed by atoms with Gasteiger partial charge in [-0.1, -0.05) is 54.6 Å². The molecular formula is C34H38N2O7. The Balaban J connectivity index is 1.34. The Morgan fingerprint density at radius 2 is 1.72 bits per heavy atom. The van der Waals surface area contributed by atoms with Gasteiger partial charge in [0.1, 0.15) is 29.7 Å². The van der Waals surface area contributed by atoms with E-state index in [2.05, 4.69) is 23.5 Å². The van der Waals surface area contributed by atoms with Gasteiger partial charge in [0.05, 0.1) is 6.61 Å². The zero-order chi connectivity index (χ0) is 30.9. The van der Waals surface area contributed by atoms with Crippen molar-refractivity contribution in [1.82, 2.24) is 10.2 Å². The molecule has 1 aliphatic carbocycles. The summed E-state index contributed by atoms with van der Waals surface area (Å²) >= 11 is 0. The highest BCUT2D eigenvalue weighted by Gasteiger charge is 2.49. The molecule has 0 bridgehead atoms. The Morgan fingerprint density at radius 1 is 1.02 bits per heavy atom. The normalized spacial score (nSPS) is 17.5. The number of carbonyl (C=O) groups excluding carboxylic acids is 2. The van der Waals surface area contributed by atoms with Crippen molar-refractivity contribution < 1.29 is 33.7 Å². The summed E-state index contributed by atoms with van der Waals surface area (Å²) in [7, 11) is 0. The molecule has 0 spiro atoms. The molecule has 9 heteroatoms. The topological polar surface area (TPSA) is 114 Å². The third-order valence-corrected chi connectivity index (χ3v) is 7.69. The molecule has 2 atom stereocenters. The lowest BCUT2D eigenvalue weighted by Gasteiger charge is -2.35. The molecule has 226 valence electrons. The van der Waals surface area contributed by atoms with E-state index in [1.165, 1.54) is 16.0 Å². The lowest BCUT2D eigenvalue weighted by Crippen LogP contribution is -2.58. The first-order valence-corrected chi connectivity index (χ1v) is 14.4. The van der Waals surface area contributed by atoms with Crippen molar-refractivity contribution in [3.8, 4) is 16.9 Å². The molecule has 1 heterocycles. The minimum absolute atomic E-state index is 0.0266. The number of nitrogens with one attached hydrogen (secondary N) is 1. The Morgan fingerprint density at radius 3 is 2.42 bits per heavy atom. The van der Waals surface area contributed by atoms with Gasteiger partial charge in [-0.25, -0.2) is 9.59 Å². The quantitative estimate of drug-likeness (QED) is 0.287. The van der Waals surface area contributed by atoms with Crippen LogP contribution in [0.3, 0.4) is 0 Å². The van der Waals surface area contributed by atoms with Crippen LogP contribution in [0.2, 0.25) is 0 Å². The molecule has 1 aliphatic heterocycles. The van der Waals surface area contributed by atoms with E-state index in [-0.39, 0.29) is 25.2 Å². The SMILES string of the molecule is CC(C)(C)Oc1ccc(C[C@H](NC(=O)OCc2cccc3c2Cc2ccccc2-3)C(=O)N2C(C(=O)O)COC2(C)C)cc1. The fourth-order valence-electron chi connectivity index (χ4n) is 5.74. The number of carboxylic acids is 1. The minimum atomic E-state index is -1.18. The van der Waals surface area contributed by atoms with Gasteiger partial charge >= 0.3 is 12.1 Å².